The Labute approximate surface area is 209 Å². The Balaban J connectivity index is 0.00000341. The van der Waals surface area contributed by atoms with Gasteiger partial charge < -0.3 is 20.1 Å². The number of aliphatic imine (C=N–C) groups is 1. The second kappa shape index (κ2) is 13.1. The first-order valence-corrected chi connectivity index (χ1v) is 12.3. The molecule has 3 rings (SSSR count). The summed E-state index contributed by atoms with van der Waals surface area (Å²) < 4.78 is 11.4. The number of guanidine groups is 1. The van der Waals surface area contributed by atoms with Gasteiger partial charge in [-0.3, -0.25) is 9.89 Å². The first-order chi connectivity index (χ1) is 14.5. The highest BCUT2D eigenvalue weighted by Crippen LogP contribution is 2.33. The van der Waals surface area contributed by atoms with Crippen LogP contribution in [0.4, 0.5) is 0 Å². The quantitative estimate of drug-likeness (QED) is 0.286. The van der Waals surface area contributed by atoms with E-state index in [1.54, 1.807) is 0 Å². The Morgan fingerprint density at radius 1 is 1.23 bits per heavy atom. The zero-order chi connectivity index (χ0) is 21.4. The molecule has 2 aliphatic heterocycles. The predicted molar refractivity (Wildman–Crippen MR) is 142 cm³/mol. The highest BCUT2D eigenvalue weighted by Gasteiger charge is 2.40. The molecule has 1 aromatic carbocycles. The Hall–Kier alpha value is -0.710. The Morgan fingerprint density at radius 3 is 2.52 bits per heavy atom. The summed E-state index contributed by atoms with van der Waals surface area (Å²) in [5.74, 6) is 4.70. The largest absolute Gasteiger partial charge is 0.493 e. The normalized spacial score (nSPS) is 23.3. The minimum atomic E-state index is 0. The van der Waals surface area contributed by atoms with Crippen molar-refractivity contribution in [3.63, 3.8) is 0 Å². The number of hydrogen-bond acceptors (Lipinski definition) is 5. The standard InChI is InChI=1S/C23H38N4O2S.HI/c1-18(2)15-29-21-7-5-20(6-8-21)19(3)26-22(24-4)25-16-23(9-14-30-17-23)27-10-12-28-13-11-27;/h5-8,18-19H,9-17H2,1-4H3,(H2,24,25,26);1H. The molecule has 0 bridgehead atoms. The summed E-state index contributed by atoms with van der Waals surface area (Å²) in [6.07, 6.45) is 1.22. The van der Waals surface area contributed by atoms with E-state index < -0.39 is 0 Å². The minimum absolute atomic E-state index is 0. The fourth-order valence-corrected chi connectivity index (χ4v) is 5.46. The number of nitrogens with one attached hydrogen (secondary N) is 2. The van der Waals surface area contributed by atoms with Gasteiger partial charge in [0.05, 0.1) is 25.9 Å². The van der Waals surface area contributed by atoms with Gasteiger partial charge in [-0.1, -0.05) is 26.0 Å². The summed E-state index contributed by atoms with van der Waals surface area (Å²) in [6.45, 7) is 11.9. The molecular formula is C23H39IN4O2S. The van der Waals surface area contributed by atoms with Crippen LogP contribution in [0.3, 0.4) is 0 Å². The molecule has 0 aliphatic carbocycles. The van der Waals surface area contributed by atoms with Crippen molar-refractivity contribution < 1.29 is 9.47 Å². The van der Waals surface area contributed by atoms with Crippen molar-refractivity contribution in [2.45, 2.75) is 38.8 Å². The van der Waals surface area contributed by atoms with Crippen LogP contribution in [0.1, 0.15) is 38.8 Å². The summed E-state index contributed by atoms with van der Waals surface area (Å²) in [6, 6.07) is 8.52. The van der Waals surface area contributed by atoms with E-state index in [9.17, 15) is 0 Å². The molecule has 31 heavy (non-hydrogen) atoms. The minimum Gasteiger partial charge on any atom is -0.493 e. The van der Waals surface area contributed by atoms with Gasteiger partial charge in [-0.15, -0.1) is 24.0 Å². The van der Waals surface area contributed by atoms with E-state index in [0.717, 1.165) is 51.2 Å². The molecule has 6 nitrogen and oxygen atoms in total. The number of nitrogens with zero attached hydrogens (tertiary/aromatic N) is 2. The fraction of sp³-hybridized carbons (Fsp3) is 0.696. The van der Waals surface area contributed by atoms with E-state index in [1.807, 2.05) is 7.05 Å². The second-order valence-corrected chi connectivity index (χ2v) is 9.80. The third kappa shape index (κ3) is 7.68. The van der Waals surface area contributed by atoms with Gasteiger partial charge in [0.25, 0.3) is 0 Å². The van der Waals surface area contributed by atoms with Gasteiger partial charge >= 0.3 is 0 Å². The molecule has 0 spiro atoms. The van der Waals surface area contributed by atoms with Gasteiger partial charge in [0.1, 0.15) is 5.75 Å². The first-order valence-electron chi connectivity index (χ1n) is 11.1. The molecule has 0 aromatic heterocycles. The lowest BCUT2D eigenvalue weighted by molar-refractivity contribution is -0.0120. The molecule has 0 amide bonds. The maximum Gasteiger partial charge on any atom is 0.191 e. The topological polar surface area (TPSA) is 58.1 Å². The molecule has 0 radical (unpaired) electrons. The van der Waals surface area contributed by atoms with Crippen molar-refractivity contribution in [2.24, 2.45) is 10.9 Å². The SMILES string of the molecule is CN=C(NCC1(N2CCOCC2)CCSC1)NC(C)c1ccc(OCC(C)C)cc1.I. The van der Waals surface area contributed by atoms with Gasteiger partial charge in [0.2, 0.25) is 0 Å². The fourth-order valence-electron chi connectivity index (χ4n) is 3.98. The molecule has 2 atom stereocenters. The zero-order valence-electron chi connectivity index (χ0n) is 19.4. The highest BCUT2D eigenvalue weighted by molar-refractivity contribution is 14.0. The van der Waals surface area contributed by atoms with Crippen LogP contribution in [-0.4, -0.2) is 74.4 Å². The maximum absolute atomic E-state index is 5.80. The van der Waals surface area contributed by atoms with Crippen molar-refractivity contribution in [3.05, 3.63) is 29.8 Å². The molecule has 2 aliphatic rings. The van der Waals surface area contributed by atoms with Crippen LogP contribution in [0, 0.1) is 5.92 Å². The summed E-state index contributed by atoms with van der Waals surface area (Å²) >= 11 is 2.06. The van der Waals surface area contributed by atoms with Gasteiger partial charge in [0.15, 0.2) is 5.96 Å². The molecule has 2 heterocycles. The lowest BCUT2D eigenvalue weighted by Gasteiger charge is -2.43. The van der Waals surface area contributed by atoms with Crippen LogP contribution < -0.4 is 15.4 Å². The Bertz CT molecular complexity index is 675. The molecule has 2 N–H and O–H groups in total. The summed E-state index contributed by atoms with van der Waals surface area (Å²) in [4.78, 5) is 7.10. The van der Waals surface area contributed by atoms with Crippen molar-refractivity contribution >= 4 is 41.7 Å². The van der Waals surface area contributed by atoms with Crippen molar-refractivity contribution in [1.29, 1.82) is 0 Å². The van der Waals surface area contributed by atoms with Crippen molar-refractivity contribution in [3.8, 4) is 5.75 Å². The van der Waals surface area contributed by atoms with Crippen LogP contribution in [0.25, 0.3) is 0 Å². The lowest BCUT2D eigenvalue weighted by atomic mass is 9.95. The van der Waals surface area contributed by atoms with Crippen LogP contribution in [0.15, 0.2) is 29.3 Å². The van der Waals surface area contributed by atoms with Crippen LogP contribution in [0.2, 0.25) is 0 Å². The van der Waals surface area contributed by atoms with Gasteiger partial charge in [-0.25, -0.2) is 0 Å². The molecule has 176 valence electrons. The maximum atomic E-state index is 5.80. The zero-order valence-corrected chi connectivity index (χ0v) is 22.5. The molecule has 0 saturated carbocycles. The van der Waals surface area contributed by atoms with E-state index in [0.29, 0.717) is 5.92 Å². The van der Waals surface area contributed by atoms with Crippen LogP contribution >= 0.6 is 35.7 Å². The molecule has 2 fully saturated rings. The predicted octanol–water partition coefficient (Wildman–Crippen LogP) is 3.77. The Morgan fingerprint density at radius 2 is 1.94 bits per heavy atom. The molecule has 8 heteroatoms. The number of halogens is 1. The van der Waals surface area contributed by atoms with Crippen LogP contribution in [0.5, 0.6) is 5.75 Å². The van der Waals surface area contributed by atoms with Crippen LogP contribution in [-0.2, 0) is 4.74 Å². The van der Waals surface area contributed by atoms with E-state index in [-0.39, 0.29) is 35.6 Å². The van der Waals surface area contributed by atoms with Gasteiger partial charge in [-0.2, -0.15) is 11.8 Å². The van der Waals surface area contributed by atoms with Crippen molar-refractivity contribution in [2.75, 3.05) is 58.0 Å². The smallest absolute Gasteiger partial charge is 0.191 e. The average Bonchev–Trinajstić information content (AvgIpc) is 3.26. The summed E-state index contributed by atoms with van der Waals surface area (Å²) in [7, 11) is 1.84. The summed E-state index contributed by atoms with van der Waals surface area (Å²) in [5, 5.41) is 7.16. The number of morpholine rings is 1. The third-order valence-electron chi connectivity index (χ3n) is 5.89. The van der Waals surface area contributed by atoms with E-state index in [1.165, 1.54) is 23.5 Å². The lowest BCUT2D eigenvalue weighted by Crippen LogP contribution is -2.60. The monoisotopic (exact) mass is 562 g/mol. The highest BCUT2D eigenvalue weighted by atomic mass is 127. The molecule has 2 unspecified atom stereocenters. The number of ether oxygens (including phenoxy) is 2. The molecular weight excluding hydrogens is 523 g/mol. The van der Waals surface area contributed by atoms with Crippen molar-refractivity contribution in [1.82, 2.24) is 15.5 Å². The number of thioether (sulfide) groups is 1. The first kappa shape index (κ1) is 26.5. The average molecular weight is 563 g/mol. The number of rotatable bonds is 8. The second-order valence-electron chi connectivity index (χ2n) is 8.69. The molecule has 1 aromatic rings. The third-order valence-corrected chi connectivity index (χ3v) is 7.12. The Kier molecular flexibility index (Phi) is 11.2. The summed E-state index contributed by atoms with van der Waals surface area (Å²) in [5.41, 5.74) is 1.42. The number of benzene rings is 1. The molecule has 2 saturated heterocycles. The van der Waals surface area contributed by atoms with E-state index in [2.05, 4.69) is 77.3 Å². The van der Waals surface area contributed by atoms with E-state index in [4.69, 9.17) is 9.47 Å². The van der Waals surface area contributed by atoms with Gasteiger partial charge in [-0.05, 0) is 42.7 Å². The van der Waals surface area contributed by atoms with E-state index >= 15 is 0 Å². The van der Waals surface area contributed by atoms with Gasteiger partial charge in [0, 0.05) is 38.0 Å². The number of hydrogen-bond donors (Lipinski definition) is 2.